The molecule has 5 aromatic heterocycles. The third-order valence-corrected chi connectivity index (χ3v) is 6.09. The summed E-state index contributed by atoms with van der Waals surface area (Å²) in [7, 11) is 0. The molecule has 0 fully saturated rings. The zero-order valence-corrected chi connectivity index (χ0v) is 18.1. The van der Waals surface area contributed by atoms with Crippen LogP contribution in [0.2, 0.25) is 0 Å². The molecule has 0 aliphatic rings. The van der Waals surface area contributed by atoms with Crippen molar-refractivity contribution in [2.45, 2.75) is 13.8 Å². The van der Waals surface area contributed by atoms with Crippen molar-refractivity contribution in [3.8, 4) is 39.4 Å². The van der Waals surface area contributed by atoms with Crippen molar-refractivity contribution in [3.05, 3.63) is 77.5 Å². The quantitative estimate of drug-likeness (QED) is 0.331. The van der Waals surface area contributed by atoms with Crippen molar-refractivity contribution < 1.29 is 8.83 Å². The molecule has 0 amide bonds. The number of aryl methyl sites for hydroxylation is 2. The van der Waals surface area contributed by atoms with Gasteiger partial charge in [-0.1, -0.05) is 24.3 Å². The maximum atomic E-state index is 6.04. The largest absolute Gasteiger partial charge is 0.456 e. The fourth-order valence-electron chi connectivity index (χ4n) is 3.74. The van der Waals surface area contributed by atoms with Gasteiger partial charge in [-0.25, -0.2) is 9.67 Å². The van der Waals surface area contributed by atoms with Crippen LogP contribution in [0.15, 0.2) is 74.9 Å². The molecular formula is C24H17N5O2S. The van der Waals surface area contributed by atoms with Crippen molar-refractivity contribution in [2.75, 3.05) is 0 Å². The molecule has 0 radical (unpaired) electrons. The SMILES string of the molecule is Cc1ccc(-c2nnc(-c3cc(-c4cccs4)nc4c3c(C)nn4-c3ccccc3)o2)o1. The first-order chi connectivity index (χ1) is 15.7. The van der Waals surface area contributed by atoms with E-state index >= 15 is 0 Å². The standard InChI is InChI=1S/C24H17N5O2S/c1-14-10-11-19(30-14)24-27-26-23(31-24)17-13-18(20-9-6-12-32-20)25-22-21(17)15(2)28-29(22)16-7-4-3-5-8-16/h3-13H,1-2H3. The predicted molar refractivity (Wildman–Crippen MR) is 123 cm³/mol. The molecule has 6 aromatic rings. The second-order valence-electron chi connectivity index (χ2n) is 7.39. The maximum Gasteiger partial charge on any atom is 0.283 e. The zero-order valence-electron chi connectivity index (χ0n) is 17.3. The summed E-state index contributed by atoms with van der Waals surface area (Å²) in [6.45, 7) is 3.84. The number of nitrogens with zero attached hydrogens (tertiary/aromatic N) is 5. The van der Waals surface area contributed by atoms with Gasteiger partial charge in [0.05, 0.1) is 32.9 Å². The highest BCUT2D eigenvalue weighted by molar-refractivity contribution is 7.13. The van der Waals surface area contributed by atoms with Gasteiger partial charge < -0.3 is 8.83 Å². The van der Waals surface area contributed by atoms with Gasteiger partial charge in [-0.2, -0.15) is 5.10 Å². The molecule has 1 aromatic carbocycles. The van der Waals surface area contributed by atoms with Crippen LogP contribution in [0.1, 0.15) is 11.5 Å². The summed E-state index contributed by atoms with van der Waals surface area (Å²) in [5, 5.41) is 16.2. The topological polar surface area (TPSA) is 82.8 Å². The van der Waals surface area contributed by atoms with E-state index in [-0.39, 0.29) is 0 Å². The second kappa shape index (κ2) is 7.28. The van der Waals surface area contributed by atoms with Crippen molar-refractivity contribution in [1.82, 2.24) is 25.0 Å². The first-order valence-electron chi connectivity index (χ1n) is 10.1. The molecule has 32 heavy (non-hydrogen) atoms. The normalized spacial score (nSPS) is 11.4. The summed E-state index contributed by atoms with van der Waals surface area (Å²) in [4.78, 5) is 6.02. The number of para-hydroxylation sites is 1. The maximum absolute atomic E-state index is 6.04. The lowest BCUT2D eigenvalue weighted by molar-refractivity contribution is 0.506. The van der Waals surface area contributed by atoms with E-state index in [1.807, 2.05) is 84.6 Å². The molecule has 5 heterocycles. The highest BCUT2D eigenvalue weighted by atomic mass is 32.1. The molecular weight excluding hydrogens is 422 g/mol. The van der Waals surface area contributed by atoms with E-state index in [0.29, 0.717) is 17.5 Å². The zero-order chi connectivity index (χ0) is 21.7. The number of pyridine rings is 1. The Hall–Kier alpha value is -4.04. The van der Waals surface area contributed by atoms with Crippen LogP contribution in [-0.4, -0.2) is 25.0 Å². The Kier molecular flexibility index (Phi) is 4.26. The molecule has 0 bridgehead atoms. The van der Waals surface area contributed by atoms with Gasteiger partial charge in [0.2, 0.25) is 5.89 Å². The van der Waals surface area contributed by atoms with Crippen LogP contribution in [0.4, 0.5) is 0 Å². The molecule has 0 unspecified atom stereocenters. The summed E-state index contributed by atoms with van der Waals surface area (Å²) >= 11 is 1.63. The minimum absolute atomic E-state index is 0.337. The minimum Gasteiger partial charge on any atom is -0.456 e. The Morgan fingerprint density at radius 1 is 0.875 bits per heavy atom. The molecule has 0 atom stereocenters. The van der Waals surface area contributed by atoms with E-state index in [0.717, 1.165) is 44.3 Å². The van der Waals surface area contributed by atoms with Gasteiger partial charge in [-0.15, -0.1) is 21.5 Å². The monoisotopic (exact) mass is 439 g/mol. The van der Waals surface area contributed by atoms with Crippen LogP contribution in [0.3, 0.4) is 0 Å². The molecule has 0 spiro atoms. The summed E-state index contributed by atoms with van der Waals surface area (Å²) in [6, 6.07) is 19.7. The summed E-state index contributed by atoms with van der Waals surface area (Å²) in [6.07, 6.45) is 0. The molecule has 0 aliphatic heterocycles. The highest BCUT2D eigenvalue weighted by Gasteiger charge is 2.22. The van der Waals surface area contributed by atoms with Crippen molar-refractivity contribution in [1.29, 1.82) is 0 Å². The van der Waals surface area contributed by atoms with Gasteiger partial charge in [-0.3, -0.25) is 0 Å². The molecule has 156 valence electrons. The average Bonchev–Trinajstić information content (AvgIpc) is 3.61. The van der Waals surface area contributed by atoms with Crippen LogP contribution < -0.4 is 0 Å². The Morgan fingerprint density at radius 3 is 2.47 bits per heavy atom. The van der Waals surface area contributed by atoms with Crippen molar-refractivity contribution in [2.24, 2.45) is 0 Å². The number of hydrogen-bond acceptors (Lipinski definition) is 7. The highest BCUT2D eigenvalue weighted by Crippen LogP contribution is 2.36. The average molecular weight is 440 g/mol. The van der Waals surface area contributed by atoms with Crippen molar-refractivity contribution in [3.63, 3.8) is 0 Å². The molecule has 0 saturated heterocycles. The van der Waals surface area contributed by atoms with Gasteiger partial charge in [0.1, 0.15) is 5.76 Å². The van der Waals surface area contributed by atoms with Gasteiger partial charge in [0.15, 0.2) is 11.4 Å². The number of thiophene rings is 1. The number of benzene rings is 1. The Balaban J connectivity index is 1.61. The van der Waals surface area contributed by atoms with E-state index in [4.69, 9.17) is 18.9 Å². The molecule has 0 aliphatic carbocycles. The lowest BCUT2D eigenvalue weighted by Gasteiger charge is -2.06. The van der Waals surface area contributed by atoms with Crippen LogP contribution in [0.5, 0.6) is 0 Å². The van der Waals surface area contributed by atoms with Gasteiger partial charge >= 0.3 is 0 Å². The third-order valence-electron chi connectivity index (χ3n) is 5.19. The third kappa shape index (κ3) is 3.04. The van der Waals surface area contributed by atoms with Crippen molar-refractivity contribution >= 4 is 22.4 Å². The number of hydrogen-bond donors (Lipinski definition) is 0. The molecule has 7 nitrogen and oxygen atoms in total. The number of aromatic nitrogens is 5. The lowest BCUT2D eigenvalue weighted by Crippen LogP contribution is -1.98. The first-order valence-corrected chi connectivity index (χ1v) is 11.0. The number of furan rings is 1. The van der Waals surface area contributed by atoms with Crippen LogP contribution in [0, 0.1) is 13.8 Å². The van der Waals surface area contributed by atoms with E-state index in [1.165, 1.54) is 0 Å². The van der Waals surface area contributed by atoms with Crippen LogP contribution in [-0.2, 0) is 0 Å². The first kappa shape index (κ1) is 18.7. The second-order valence-corrected chi connectivity index (χ2v) is 8.33. The molecule has 0 saturated carbocycles. The van der Waals surface area contributed by atoms with Crippen LogP contribution >= 0.6 is 11.3 Å². The molecule has 8 heteroatoms. The summed E-state index contributed by atoms with van der Waals surface area (Å²) in [5.41, 5.74) is 4.12. The molecule has 6 rings (SSSR count). The molecule has 0 N–H and O–H groups in total. The lowest BCUT2D eigenvalue weighted by atomic mass is 10.1. The Morgan fingerprint density at radius 2 is 1.72 bits per heavy atom. The van der Waals surface area contributed by atoms with E-state index in [2.05, 4.69) is 10.2 Å². The Bertz CT molecular complexity index is 1540. The number of rotatable bonds is 4. The smallest absolute Gasteiger partial charge is 0.283 e. The summed E-state index contributed by atoms with van der Waals surface area (Å²) < 4.78 is 13.6. The van der Waals surface area contributed by atoms with E-state index in [9.17, 15) is 0 Å². The van der Waals surface area contributed by atoms with Gasteiger partial charge in [-0.05, 0) is 55.6 Å². The summed E-state index contributed by atoms with van der Waals surface area (Å²) in [5.74, 6) is 2.06. The number of fused-ring (bicyclic) bond motifs is 1. The fraction of sp³-hybridized carbons (Fsp3) is 0.0833. The van der Waals surface area contributed by atoms with E-state index in [1.54, 1.807) is 11.3 Å². The van der Waals surface area contributed by atoms with Crippen LogP contribution in [0.25, 0.3) is 50.4 Å². The minimum atomic E-state index is 0.337. The van der Waals surface area contributed by atoms with Gasteiger partial charge in [0, 0.05) is 0 Å². The Labute approximate surface area is 187 Å². The predicted octanol–water partition coefficient (Wildman–Crippen LogP) is 6.08. The van der Waals surface area contributed by atoms with Gasteiger partial charge in [0.25, 0.3) is 5.89 Å². The fourth-order valence-corrected chi connectivity index (χ4v) is 4.42. The van der Waals surface area contributed by atoms with E-state index < -0.39 is 0 Å².